The first-order chi connectivity index (χ1) is 14.6. The van der Waals surface area contributed by atoms with Crippen molar-refractivity contribution in [2.24, 2.45) is 4.99 Å². The van der Waals surface area contributed by atoms with Crippen molar-refractivity contribution >= 4 is 35.6 Å². The number of aromatic nitrogens is 1. The van der Waals surface area contributed by atoms with Gasteiger partial charge >= 0.3 is 0 Å². The Balaban J connectivity index is 1.60. The van der Waals surface area contributed by atoms with Gasteiger partial charge in [-0.15, -0.1) is 0 Å². The van der Waals surface area contributed by atoms with Crippen LogP contribution in [0.2, 0.25) is 5.02 Å². The van der Waals surface area contributed by atoms with Crippen molar-refractivity contribution in [2.75, 3.05) is 5.75 Å². The molecule has 1 aromatic heterocycles. The van der Waals surface area contributed by atoms with Crippen molar-refractivity contribution in [1.29, 1.82) is 0 Å². The van der Waals surface area contributed by atoms with Crippen LogP contribution in [0.4, 0.5) is 10.2 Å². The summed E-state index contributed by atoms with van der Waals surface area (Å²) in [6, 6.07) is 2.37. The van der Waals surface area contributed by atoms with E-state index in [-0.39, 0.29) is 11.9 Å². The zero-order valence-corrected chi connectivity index (χ0v) is 19.0. The maximum Gasteiger partial charge on any atom is 0.154 e. The van der Waals surface area contributed by atoms with Gasteiger partial charge in [-0.3, -0.25) is 10.0 Å². The molecule has 3 unspecified atom stereocenters. The predicted octanol–water partition coefficient (Wildman–Crippen LogP) is 4.47. The minimum absolute atomic E-state index is 0.216. The van der Waals surface area contributed by atoms with Gasteiger partial charge in [0, 0.05) is 36.4 Å². The Bertz CT molecular complexity index is 800. The van der Waals surface area contributed by atoms with Crippen molar-refractivity contribution in [3.05, 3.63) is 46.8 Å². The Labute approximate surface area is 187 Å². The molecule has 0 radical (unpaired) electrons. The highest BCUT2D eigenvalue weighted by Crippen LogP contribution is 2.22. The van der Waals surface area contributed by atoms with Crippen LogP contribution in [0.25, 0.3) is 0 Å². The third kappa shape index (κ3) is 6.70. The second-order valence-electron chi connectivity index (χ2n) is 7.53. The van der Waals surface area contributed by atoms with Gasteiger partial charge in [-0.2, -0.15) is 0 Å². The molecule has 30 heavy (non-hydrogen) atoms. The number of aryl methyl sites for hydroxylation is 1. The number of nitrogens with zero attached hydrogens (tertiary/aromatic N) is 2. The van der Waals surface area contributed by atoms with Crippen LogP contribution in [-0.2, 0) is 0 Å². The van der Waals surface area contributed by atoms with Gasteiger partial charge in [0.25, 0.3) is 0 Å². The molecular formula is C21H30ClFN6S. The summed E-state index contributed by atoms with van der Waals surface area (Å²) >= 11 is 7.69. The molecule has 0 aromatic carbocycles. The highest BCUT2D eigenvalue weighted by atomic mass is 35.5. The van der Waals surface area contributed by atoms with Crippen LogP contribution in [-0.4, -0.2) is 35.2 Å². The third-order valence-electron chi connectivity index (χ3n) is 5.08. The lowest BCUT2D eigenvalue weighted by Crippen LogP contribution is -2.57. The first-order valence-corrected chi connectivity index (χ1v) is 11.8. The van der Waals surface area contributed by atoms with Crippen molar-refractivity contribution in [3.8, 4) is 0 Å². The lowest BCUT2D eigenvalue weighted by Gasteiger charge is -2.36. The highest BCUT2D eigenvalue weighted by Gasteiger charge is 2.29. The Morgan fingerprint density at radius 3 is 2.93 bits per heavy atom. The van der Waals surface area contributed by atoms with Crippen molar-refractivity contribution in [1.82, 2.24) is 25.7 Å². The molecule has 3 rings (SSSR count). The minimum Gasteiger partial charge on any atom is -0.350 e. The number of nitrogens with one attached hydrogen (secondary N) is 4. The number of allylic oxidation sites excluding steroid dienone is 1. The van der Waals surface area contributed by atoms with Gasteiger partial charge in [0.1, 0.15) is 12.0 Å². The fourth-order valence-corrected chi connectivity index (χ4v) is 4.55. The van der Waals surface area contributed by atoms with Gasteiger partial charge in [-0.1, -0.05) is 43.3 Å². The van der Waals surface area contributed by atoms with Crippen LogP contribution in [0.5, 0.6) is 0 Å². The van der Waals surface area contributed by atoms with Crippen LogP contribution < -0.4 is 20.7 Å². The van der Waals surface area contributed by atoms with E-state index in [0.29, 0.717) is 22.7 Å². The first-order valence-electron chi connectivity index (χ1n) is 10.5. The van der Waals surface area contributed by atoms with Crippen molar-refractivity contribution < 1.29 is 4.39 Å². The molecule has 1 saturated carbocycles. The second kappa shape index (κ2) is 11.7. The minimum atomic E-state index is -0.565. The summed E-state index contributed by atoms with van der Waals surface area (Å²) in [5.41, 5.74) is 0.893. The molecule has 3 atom stereocenters. The normalized spacial score (nSPS) is 25.8. The standard InChI is InChI=1S/C21H30ClFN6S/c1-3-10-30-29-18-7-5-4-6-17(18)27-21-16(23)13-25-19(28-21)8-9-24-20-14(2)11-15(22)12-26-20/h8-9,11-13,17-18,21,25,27-29H,3-7,10H2,1-2H3. The molecule has 1 aliphatic heterocycles. The predicted molar refractivity (Wildman–Crippen MR) is 125 cm³/mol. The molecule has 164 valence electrons. The number of aliphatic imine (C=N–C) groups is 1. The highest BCUT2D eigenvalue weighted by molar-refractivity contribution is 7.97. The summed E-state index contributed by atoms with van der Waals surface area (Å²) in [4.78, 5) is 8.57. The fourth-order valence-electron chi connectivity index (χ4n) is 3.52. The van der Waals surface area contributed by atoms with E-state index in [1.54, 1.807) is 30.4 Å². The molecule has 0 bridgehead atoms. The molecule has 4 N–H and O–H groups in total. The Morgan fingerprint density at radius 2 is 2.17 bits per heavy atom. The number of hydrogen-bond acceptors (Lipinski definition) is 7. The molecule has 1 fully saturated rings. The molecule has 1 aliphatic carbocycles. The third-order valence-corrected chi connectivity index (χ3v) is 6.37. The largest absolute Gasteiger partial charge is 0.350 e. The number of hydrogen-bond donors (Lipinski definition) is 4. The summed E-state index contributed by atoms with van der Waals surface area (Å²) in [6.45, 7) is 4.08. The van der Waals surface area contributed by atoms with Gasteiger partial charge in [0.05, 0.1) is 5.02 Å². The van der Waals surface area contributed by atoms with Crippen LogP contribution in [0.3, 0.4) is 0 Å². The van der Waals surface area contributed by atoms with Gasteiger partial charge < -0.3 is 10.6 Å². The van der Waals surface area contributed by atoms with E-state index >= 15 is 0 Å². The quantitative estimate of drug-likeness (QED) is 0.265. The summed E-state index contributed by atoms with van der Waals surface area (Å²) < 4.78 is 18.0. The summed E-state index contributed by atoms with van der Waals surface area (Å²) in [7, 11) is 0. The van der Waals surface area contributed by atoms with E-state index in [9.17, 15) is 4.39 Å². The monoisotopic (exact) mass is 452 g/mol. The first kappa shape index (κ1) is 23.1. The van der Waals surface area contributed by atoms with Gasteiger partial charge in [-0.05, 0) is 43.9 Å². The molecule has 9 heteroatoms. The van der Waals surface area contributed by atoms with E-state index in [1.807, 2.05) is 13.0 Å². The summed E-state index contributed by atoms with van der Waals surface area (Å²) in [5.74, 6) is 2.09. The number of pyridine rings is 1. The molecule has 6 nitrogen and oxygen atoms in total. The Hall–Kier alpha value is -1.61. The maximum absolute atomic E-state index is 14.5. The van der Waals surface area contributed by atoms with Crippen molar-refractivity contribution in [2.45, 2.75) is 64.2 Å². The zero-order valence-electron chi connectivity index (χ0n) is 17.4. The van der Waals surface area contributed by atoms with Crippen LogP contribution in [0.1, 0.15) is 44.6 Å². The second-order valence-corrected chi connectivity index (χ2v) is 8.90. The molecule has 0 spiro atoms. The number of rotatable bonds is 8. The van der Waals surface area contributed by atoms with Gasteiger partial charge in [0.2, 0.25) is 0 Å². The lowest BCUT2D eigenvalue weighted by atomic mass is 9.91. The van der Waals surface area contributed by atoms with Crippen LogP contribution in [0.15, 0.2) is 41.2 Å². The Morgan fingerprint density at radius 1 is 1.37 bits per heavy atom. The topological polar surface area (TPSA) is 73.4 Å². The molecule has 0 saturated heterocycles. The lowest BCUT2D eigenvalue weighted by molar-refractivity contribution is 0.270. The molecule has 1 aromatic rings. The SMILES string of the molecule is CCCSNC1CCCCC1NC1NC(=CC=Nc2ncc(Cl)cc2C)NC=C1F. The molecule has 2 heterocycles. The summed E-state index contributed by atoms with van der Waals surface area (Å²) in [6.07, 6.45) is 11.4. The summed E-state index contributed by atoms with van der Waals surface area (Å²) in [5, 5.41) is 10.1. The van der Waals surface area contributed by atoms with Gasteiger partial charge in [-0.25, -0.2) is 14.4 Å². The van der Waals surface area contributed by atoms with E-state index in [1.165, 1.54) is 12.6 Å². The number of halogens is 2. The molecule has 0 amide bonds. The van der Waals surface area contributed by atoms with E-state index in [0.717, 1.165) is 37.0 Å². The van der Waals surface area contributed by atoms with Gasteiger partial charge in [0.15, 0.2) is 11.6 Å². The van der Waals surface area contributed by atoms with E-state index < -0.39 is 6.17 Å². The fraction of sp³-hybridized carbons (Fsp3) is 0.524. The van der Waals surface area contributed by atoms with Crippen LogP contribution >= 0.6 is 23.5 Å². The maximum atomic E-state index is 14.5. The molecule has 2 aliphatic rings. The van der Waals surface area contributed by atoms with E-state index in [4.69, 9.17) is 11.6 Å². The van der Waals surface area contributed by atoms with Crippen molar-refractivity contribution in [3.63, 3.8) is 0 Å². The Kier molecular flexibility index (Phi) is 8.99. The smallest absolute Gasteiger partial charge is 0.154 e. The van der Waals surface area contributed by atoms with E-state index in [2.05, 4.69) is 37.6 Å². The van der Waals surface area contributed by atoms with Crippen LogP contribution in [0, 0.1) is 6.92 Å². The average Bonchev–Trinajstić information content (AvgIpc) is 2.73. The molecular weight excluding hydrogens is 423 g/mol. The zero-order chi connectivity index (χ0) is 21.3. The average molecular weight is 453 g/mol.